The minimum atomic E-state index is -4.44. The van der Waals surface area contributed by atoms with Crippen LogP contribution in [-0.4, -0.2) is 47.6 Å². The van der Waals surface area contributed by atoms with Crippen molar-refractivity contribution in [3.05, 3.63) is 32.1 Å². The van der Waals surface area contributed by atoms with Crippen LogP contribution < -0.4 is 10.4 Å². The molecule has 1 fully saturated rings. The van der Waals surface area contributed by atoms with Gasteiger partial charge in [0.2, 0.25) is 5.11 Å². The van der Waals surface area contributed by atoms with Gasteiger partial charge in [-0.2, -0.15) is 4.68 Å². The number of sulfonamides is 1. The number of halogens is 2. The van der Waals surface area contributed by atoms with Gasteiger partial charge in [0, 0.05) is 12.4 Å². The molecule has 1 saturated heterocycles. The molecule has 1 aliphatic heterocycles. The number of aromatic nitrogens is 3. The van der Waals surface area contributed by atoms with Crippen LogP contribution in [0.4, 0.5) is 0 Å². The molecule has 152 valence electrons. The lowest BCUT2D eigenvalue weighted by molar-refractivity contribution is 0.0597. The Bertz CT molecular complexity index is 1120. The van der Waals surface area contributed by atoms with Crippen molar-refractivity contribution in [2.45, 2.75) is 15.8 Å². The fourth-order valence-electron chi connectivity index (χ4n) is 2.31. The van der Waals surface area contributed by atoms with E-state index in [1.165, 1.54) is 17.0 Å². The fraction of sp³-hybridized carbons (Fsp3) is 0.385. The maximum absolute atomic E-state index is 12.9. The number of thiocarbonyl (C=S) groups is 1. The highest BCUT2D eigenvalue weighted by atomic mass is 35.5. The Morgan fingerprint density at radius 3 is 2.71 bits per heavy atom. The molecule has 15 heteroatoms. The summed E-state index contributed by atoms with van der Waals surface area (Å²) in [5, 5.41) is 4.74. The molecule has 1 atom stereocenters. The van der Waals surface area contributed by atoms with Crippen LogP contribution in [0.2, 0.25) is 0 Å². The van der Waals surface area contributed by atoms with Crippen LogP contribution in [0.25, 0.3) is 0 Å². The minimum absolute atomic E-state index is 0.000490. The van der Waals surface area contributed by atoms with E-state index in [1.54, 1.807) is 0 Å². The van der Waals surface area contributed by atoms with E-state index in [1.807, 2.05) is 0 Å². The quantitative estimate of drug-likeness (QED) is 0.288. The van der Waals surface area contributed by atoms with Crippen LogP contribution in [0.5, 0.6) is 0 Å². The van der Waals surface area contributed by atoms with Gasteiger partial charge >= 0.3 is 11.7 Å². The monoisotopic (exact) mass is 486 g/mol. The number of ether oxygens (including phenoxy) is 2. The zero-order chi connectivity index (χ0) is 20.8. The molecule has 0 aliphatic carbocycles. The first-order chi connectivity index (χ1) is 13.1. The standard InChI is InChI=1S/C13H12Cl2N4O6S3/c1-18-10(6-3-25-6)16-19(13(18)21)12(26)17-28(22,23)8-5(11(20)24-2)4-27-7(8)9(14)15/h4,6,9H,3H2,1-2H3,(H,17,26). The molecule has 0 aromatic carbocycles. The number of carbonyl (C=O) groups excluding carboxylic acids is 1. The lowest BCUT2D eigenvalue weighted by Crippen LogP contribution is -2.40. The van der Waals surface area contributed by atoms with Gasteiger partial charge in [-0.05, 0) is 12.2 Å². The van der Waals surface area contributed by atoms with Gasteiger partial charge in [0.05, 0.1) is 24.2 Å². The van der Waals surface area contributed by atoms with E-state index in [0.717, 1.165) is 18.4 Å². The number of methoxy groups -OCH3 is 1. The van der Waals surface area contributed by atoms with Crippen LogP contribution in [0.3, 0.4) is 0 Å². The third kappa shape index (κ3) is 3.82. The zero-order valence-corrected chi connectivity index (χ0v) is 18.2. The predicted molar refractivity (Wildman–Crippen MR) is 105 cm³/mol. The molecule has 2 aromatic rings. The highest BCUT2D eigenvalue weighted by Gasteiger charge is 2.34. The first-order valence-electron chi connectivity index (χ1n) is 7.41. The van der Waals surface area contributed by atoms with Gasteiger partial charge in [0.15, 0.2) is 5.82 Å². The average molecular weight is 487 g/mol. The number of esters is 1. The SMILES string of the molecule is COC(=O)c1csc(C(Cl)Cl)c1S(=O)(=O)NC(=S)n1nc(C2CO2)n(C)c1=O. The Labute approximate surface area is 178 Å². The lowest BCUT2D eigenvalue weighted by atomic mass is 10.3. The Kier molecular flexibility index (Phi) is 5.85. The molecule has 1 N–H and O–H groups in total. The highest BCUT2D eigenvalue weighted by molar-refractivity contribution is 7.92. The number of epoxide rings is 1. The predicted octanol–water partition coefficient (Wildman–Crippen LogP) is 1.09. The van der Waals surface area contributed by atoms with E-state index in [-0.39, 0.29) is 16.5 Å². The summed E-state index contributed by atoms with van der Waals surface area (Å²) in [7, 11) is -1.89. The number of nitrogens with zero attached hydrogens (tertiary/aromatic N) is 3. The molecule has 28 heavy (non-hydrogen) atoms. The van der Waals surface area contributed by atoms with Crippen LogP contribution in [0, 0.1) is 0 Å². The molecule has 1 unspecified atom stereocenters. The lowest BCUT2D eigenvalue weighted by Gasteiger charge is -2.11. The van der Waals surface area contributed by atoms with Crippen molar-refractivity contribution in [2.75, 3.05) is 13.7 Å². The molecular weight excluding hydrogens is 475 g/mol. The number of hydrogen-bond acceptors (Lipinski definition) is 9. The van der Waals surface area contributed by atoms with Crippen LogP contribution >= 0.6 is 46.8 Å². The number of hydrogen-bond donors (Lipinski definition) is 1. The van der Waals surface area contributed by atoms with E-state index in [4.69, 9.17) is 40.2 Å². The molecule has 0 bridgehead atoms. The van der Waals surface area contributed by atoms with Gasteiger partial charge in [-0.3, -0.25) is 9.29 Å². The summed E-state index contributed by atoms with van der Waals surface area (Å²) in [6, 6.07) is 0. The van der Waals surface area contributed by atoms with Crippen molar-refractivity contribution < 1.29 is 22.7 Å². The molecule has 1 aliphatic rings. The Balaban J connectivity index is 2.00. The largest absolute Gasteiger partial charge is 0.465 e. The van der Waals surface area contributed by atoms with Crippen LogP contribution in [0.15, 0.2) is 15.1 Å². The Morgan fingerprint density at radius 1 is 1.54 bits per heavy atom. The Hall–Kier alpha value is -1.51. The first kappa shape index (κ1) is 21.2. The summed E-state index contributed by atoms with van der Waals surface area (Å²) in [6.45, 7) is 0.399. The summed E-state index contributed by atoms with van der Waals surface area (Å²) in [6.07, 6.45) is -0.346. The molecule has 10 nitrogen and oxygen atoms in total. The molecule has 0 radical (unpaired) electrons. The molecule has 3 heterocycles. The third-order valence-corrected chi connectivity index (χ3v) is 7.41. The van der Waals surface area contributed by atoms with E-state index in [0.29, 0.717) is 17.1 Å². The molecule has 3 rings (SSSR count). The van der Waals surface area contributed by atoms with Crippen LogP contribution in [0.1, 0.15) is 32.0 Å². The summed E-state index contributed by atoms with van der Waals surface area (Å²) in [5.74, 6) is -0.592. The second-order valence-corrected chi connectivity index (χ2v) is 9.49. The second kappa shape index (κ2) is 7.72. The highest BCUT2D eigenvalue weighted by Crippen LogP contribution is 2.38. The summed E-state index contributed by atoms with van der Waals surface area (Å²) in [4.78, 5) is 22.6. The fourth-order valence-corrected chi connectivity index (χ4v) is 5.98. The van der Waals surface area contributed by atoms with Crippen molar-refractivity contribution in [2.24, 2.45) is 7.05 Å². The molecule has 2 aromatic heterocycles. The average Bonchev–Trinajstić information content (AvgIpc) is 3.27. The second-order valence-electron chi connectivity index (χ2n) is 5.48. The van der Waals surface area contributed by atoms with Gasteiger partial charge in [-0.1, -0.05) is 23.2 Å². The molecule has 0 spiro atoms. The third-order valence-electron chi connectivity index (χ3n) is 3.69. The number of thiophene rings is 1. The number of carbonyl (C=O) groups is 1. The maximum atomic E-state index is 12.9. The van der Waals surface area contributed by atoms with Gasteiger partial charge in [0.25, 0.3) is 10.0 Å². The number of alkyl halides is 2. The zero-order valence-electron chi connectivity index (χ0n) is 14.2. The summed E-state index contributed by atoms with van der Waals surface area (Å²) in [5.41, 5.74) is -0.922. The molecule has 0 saturated carbocycles. The maximum Gasteiger partial charge on any atom is 0.352 e. The summed E-state index contributed by atoms with van der Waals surface area (Å²) >= 11 is 17.6. The van der Waals surface area contributed by atoms with Crippen molar-refractivity contribution in [3.63, 3.8) is 0 Å². The molecular formula is C13H12Cl2N4O6S3. The van der Waals surface area contributed by atoms with E-state index in [2.05, 4.69) is 14.6 Å². The minimum Gasteiger partial charge on any atom is -0.465 e. The van der Waals surface area contributed by atoms with Crippen molar-refractivity contribution in [1.29, 1.82) is 0 Å². The molecule has 0 amide bonds. The van der Waals surface area contributed by atoms with Crippen molar-refractivity contribution in [1.82, 2.24) is 19.1 Å². The topological polar surface area (TPSA) is 125 Å². The number of rotatable bonds is 5. The number of nitrogens with one attached hydrogen (secondary N) is 1. The summed E-state index contributed by atoms with van der Waals surface area (Å²) < 4.78 is 39.5. The van der Waals surface area contributed by atoms with E-state index in [9.17, 15) is 18.0 Å². The Morgan fingerprint density at radius 2 is 2.18 bits per heavy atom. The smallest absolute Gasteiger partial charge is 0.352 e. The first-order valence-corrected chi connectivity index (χ1v) is 11.1. The van der Waals surface area contributed by atoms with Gasteiger partial charge in [-0.25, -0.2) is 18.0 Å². The van der Waals surface area contributed by atoms with Gasteiger partial charge in [0.1, 0.15) is 15.8 Å². The van der Waals surface area contributed by atoms with Crippen molar-refractivity contribution in [3.8, 4) is 0 Å². The van der Waals surface area contributed by atoms with E-state index < -0.39 is 36.5 Å². The normalized spacial score (nSPS) is 16.2. The van der Waals surface area contributed by atoms with Crippen LogP contribution in [-0.2, 0) is 26.5 Å². The van der Waals surface area contributed by atoms with Gasteiger partial charge < -0.3 is 9.47 Å². The van der Waals surface area contributed by atoms with E-state index >= 15 is 0 Å². The van der Waals surface area contributed by atoms with Crippen molar-refractivity contribution >= 4 is 67.9 Å². The van der Waals surface area contributed by atoms with Gasteiger partial charge in [-0.15, -0.1) is 16.4 Å².